The summed E-state index contributed by atoms with van der Waals surface area (Å²) in [6.45, 7) is 6.80. The van der Waals surface area contributed by atoms with Crippen LogP contribution in [0.3, 0.4) is 0 Å². The third-order valence-corrected chi connectivity index (χ3v) is 5.45. The van der Waals surface area contributed by atoms with E-state index in [1.165, 1.54) is 11.1 Å². The number of hydrogen-bond acceptors (Lipinski definition) is 2. The molecule has 1 aliphatic rings. The number of anilines is 1. The molecule has 0 fully saturated rings. The van der Waals surface area contributed by atoms with Crippen molar-refractivity contribution in [1.82, 2.24) is 5.32 Å². The molecule has 1 aliphatic carbocycles. The van der Waals surface area contributed by atoms with Crippen LogP contribution in [-0.2, 0) is 6.54 Å². The quantitative estimate of drug-likeness (QED) is 0.449. The molecule has 3 rings (SSSR count). The Morgan fingerprint density at radius 3 is 2.61 bits per heavy atom. The largest absolute Gasteiger partial charge is 0.316 e. The standard InChI is InChI=1S/C24H28ClN3/c1-17(2)28(23-14-13-22(25)15-21(23)16-27-3)24(26)20-11-9-19(10-12-20)18-7-5-4-6-8-18/h4-9,13-15,20,26-27H,1,10-12,16H2,2-3H3. The van der Waals surface area contributed by atoms with Crippen LogP contribution in [0.4, 0.5) is 5.69 Å². The Morgan fingerprint density at radius 1 is 1.25 bits per heavy atom. The molecule has 0 heterocycles. The number of benzene rings is 2. The van der Waals surface area contributed by atoms with E-state index in [4.69, 9.17) is 17.0 Å². The summed E-state index contributed by atoms with van der Waals surface area (Å²) in [4.78, 5) is 1.98. The number of amidine groups is 1. The number of nitrogens with one attached hydrogen (secondary N) is 2. The second-order valence-electron chi connectivity index (χ2n) is 7.33. The molecule has 1 atom stereocenters. The highest BCUT2D eigenvalue weighted by molar-refractivity contribution is 6.30. The first kappa shape index (κ1) is 20.4. The highest BCUT2D eigenvalue weighted by Gasteiger charge is 2.26. The van der Waals surface area contributed by atoms with Gasteiger partial charge in [-0.1, -0.05) is 54.6 Å². The summed E-state index contributed by atoms with van der Waals surface area (Å²) in [6.07, 6.45) is 5.14. The van der Waals surface area contributed by atoms with Crippen LogP contribution in [0.15, 0.2) is 66.9 Å². The van der Waals surface area contributed by atoms with Gasteiger partial charge in [0.05, 0.1) is 5.69 Å². The predicted molar refractivity (Wildman–Crippen MR) is 121 cm³/mol. The molecule has 2 aromatic rings. The van der Waals surface area contributed by atoms with Crippen molar-refractivity contribution in [3.63, 3.8) is 0 Å². The monoisotopic (exact) mass is 393 g/mol. The van der Waals surface area contributed by atoms with Gasteiger partial charge in [-0.15, -0.1) is 0 Å². The molecule has 2 aromatic carbocycles. The normalized spacial score (nSPS) is 16.4. The molecule has 0 saturated carbocycles. The fourth-order valence-electron chi connectivity index (χ4n) is 3.82. The van der Waals surface area contributed by atoms with Crippen molar-refractivity contribution in [2.24, 2.45) is 5.92 Å². The lowest BCUT2D eigenvalue weighted by atomic mass is 9.85. The van der Waals surface area contributed by atoms with Gasteiger partial charge in [0, 0.05) is 23.2 Å². The zero-order valence-electron chi connectivity index (χ0n) is 16.6. The molecule has 0 radical (unpaired) electrons. The van der Waals surface area contributed by atoms with Crippen LogP contribution in [0.1, 0.15) is 37.3 Å². The second-order valence-corrected chi connectivity index (χ2v) is 7.76. The molecule has 0 bridgehead atoms. The molecule has 1 unspecified atom stereocenters. The van der Waals surface area contributed by atoms with E-state index in [9.17, 15) is 0 Å². The van der Waals surface area contributed by atoms with Crippen molar-refractivity contribution in [2.75, 3.05) is 11.9 Å². The van der Waals surface area contributed by atoms with Gasteiger partial charge in [-0.3, -0.25) is 5.41 Å². The molecule has 4 heteroatoms. The van der Waals surface area contributed by atoms with E-state index in [1.807, 2.05) is 43.1 Å². The molecule has 2 N–H and O–H groups in total. The zero-order chi connectivity index (χ0) is 20.1. The topological polar surface area (TPSA) is 39.1 Å². The van der Waals surface area contributed by atoms with Gasteiger partial charge in [-0.25, -0.2) is 0 Å². The molecule has 28 heavy (non-hydrogen) atoms. The fourth-order valence-corrected chi connectivity index (χ4v) is 4.02. The molecule has 0 saturated heterocycles. The summed E-state index contributed by atoms with van der Waals surface area (Å²) in [6, 6.07) is 16.4. The van der Waals surface area contributed by atoms with E-state index >= 15 is 0 Å². The molecule has 0 aliphatic heterocycles. The predicted octanol–water partition coefficient (Wildman–Crippen LogP) is 6.26. The number of rotatable bonds is 6. The van der Waals surface area contributed by atoms with Crippen molar-refractivity contribution < 1.29 is 0 Å². The molecule has 0 amide bonds. The third kappa shape index (κ3) is 4.54. The highest BCUT2D eigenvalue weighted by atomic mass is 35.5. The second kappa shape index (κ2) is 9.22. The molecular weight excluding hydrogens is 366 g/mol. The number of halogens is 1. The van der Waals surface area contributed by atoms with Crippen molar-refractivity contribution in [3.05, 3.63) is 83.0 Å². The van der Waals surface area contributed by atoms with Crippen molar-refractivity contribution >= 4 is 28.7 Å². The van der Waals surface area contributed by atoms with Gasteiger partial charge in [0.2, 0.25) is 0 Å². The van der Waals surface area contributed by atoms with Gasteiger partial charge >= 0.3 is 0 Å². The van der Waals surface area contributed by atoms with Crippen LogP contribution in [-0.4, -0.2) is 12.9 Å². The van der Waals surface area contributed by atoms with Crippen LogP contribution >= 0.6 is 11.6 Å². The summed E-state index contributed by atoms with van der Waals surface area (Å²) in [5.74, 6) is 0.790. The first-order valence-corrected chi connectivity index (χ1v) is 10.1. The SMILES string of the molecule is C=C(C)N(C(=N)C1CC=C(c2ccccc2)CC1)c1ccc(Cl)cc1CNC. The van der Waals surface area contributed by atoms with E-state index in [1.54, 1.807) is 0 Å². The molecule has 0 aromatic heterocycles. The Balaban J connectivity index is 1.84. The minimum absolute atomic E-state index is 0.183. The van der Waals surface area contributed by atoms with Gasteiger partial charge in [0.25, 0.3) is 0 Å². The van der Waals surface area contributed by atoms with E-state index in [0.717, 1.165) is 36.2 Å². The van der Waals surface area contributed by atoms with Gasteiger partial charge in [0.15, 0.2) is 0 Å². The third-order valence-electron chi connectivity index (χ3n) is 5.21. The lowest BCUT2D eigenvalue weighted by Gasteiger charge is -2.33. The van der Waals surface area contributed by atoms with Crippen LogP contribution in [0.2, 0.25) is 5.02 Å². The Bertz CT molecular complexity index is 886. The summed E-state index contributed by atoms with van der Waals surface area (Å²) in [5, 5.41) is 12.8. The average Bonchev–Trinajstić information content (AvgIpc) is 2.70. The van der Waals surface area contributed by atoms with Gasteiger partial charge in [-0.2, -0.15) is 0 Å². The van der Waals surface area contributed by atoms with E-state index in [0.29, 0.717) is 17.4 Å². The van der Waals surface area contributed by atoms with Crippen LogP contribution < -0.4 is 10.2 Å². The van der Waals surface area contributed by atoms with Gasteiger partial charge in [-0.05, 0) is 68.1 Å². The molecule has 146 valence electrons. The Hall–Kier alpha value is -2.36. The van der Waals surface area contributed by atoms with Crippen LogP contribution in [0.5, 0.6) is 0 Å². The lowest BCUT2D eigenvalue weighted by molar-refractivity contribution is 0.614. The molecule has 0 spiro atoms. The summed E-state index contributed by atoms with van der Waals surface area (Å²) >= 11 is 6.21. The minimum atomic E-state index is 0.183. The van der Waals surface area contributed by atoms with Crippen LogP contribution in [0.25, 0.3) is 5.57 Å². The molecule has 3 nitrogen and oxygen atoms in total. The van der Waals surface area contributed by atoms with E-state index in [-0.39, 0.29) is 5.92 Å². The lowest BCUT2D eigenvalue weighted by Crippen LogP contribution is -2.35. The van der Waals surface area contributed by atoms with E-state index in [2.05, 4.69) is 42.2 Å². The Kier molecular flexibility index (Phi) is 6.71. The maximum absolute atomic E-state index is 8.94. The summed E-state index contributed by atoms with van der Waals surface area (Å²) < 4.78 is 0. The molecular formula is C24H28ClN3. The van der Waals surface area contributed by atoms with Crippen molar-refractivity contribution in [2.45, 2.75) is 32.7 Å². The zero-order valence-corrected chi connectivity index (χ0v) is 17.4. The highest BCUT2D eigenvalue weighted by Crippen LogP contribution is 2.34. The maximum atomic E-state index is 8.94. The van der Waals surface area contributed by atoms with Crippen molar-refractivity contribution in [1.29, 1.82) is 5.41 Å². The fraction of sp³-hybridized carbons (Fsp3) is 0.292. The number of hydrogen-bond donors (Lipinski definition) is 2. The smallest absolute Gasteiger partial charge is 0.108 e. The minimum Gasteiger partial charge on any atom is -0.316 e. The number of allylic oxidation sites excluding steroid dienone is 3. The maximum Gasteiger partial charge on any atom is 0.108 e. The Morgan fingerprint density at radius 2 is 2.00 bits per heavy atom. The van der Waals surface area contributed by atoms with E-state index < -0.39 is 0 Å². The van der Waals surface area contributed by atoms with Gasteiger partial charge in [0.1, 0.15) is 5.84 Å². The number of nitrogens with zero attached hydrogens (tertiary/aromatic N) is 1. The first-order chi connectivity index (χ1) is 13.5. The van der Waals surface area contributed by atoms with Crippen molar-refractivity contribution in [3.8, 4) is 0 Å². The van der Waals surface area contributed by atoms with Gasteiger partial charge < -0.3 is 10.2 Å². The average molecular weight is 394 g/mol. The summed E-state index contributed by atoms with van der Waals surface area (Å²) in [7, 11) is 1.91. The Labute approximate surface area is 173 Å². The summed E-state index contributed by atoms with van der Waals surface area (Å²) in [5.41, 5.74) is 5.57. The van der Waals surface area contributed by atoms with Crippen LogP contribution in [0, 0.1) is 11.3 Å². The first-order valence-electron chi connectivity index (χ1n) is 9.72.